The lowest BCUT2D eigenvalue weighted by atomic mass is 9.95. The number of likely N-dealkylation sites (tertiary alicyclic amines) is 1. The number of thiazole rings is 1. The van der Waals surface area contributed by atoms with Crippen LogP contribution in [-0.2, 0) is 6.54 Å². The van der Waals surface area contributed by atoms with Crippen LogP contribution < -0.4 is 5.73 Å². The smallest absolute Gasteiger partial charge is 0.133 e. The van der Waals surface area contributed by atoms with Crippen molar-refractivity contribution < 1.29 is 0 Å². The highest BCUT2D eigenvalue weighted by Gasteiger charge is 2.31. The largest absolute Gasteiger partial charge is 0.326 e. The van der Waals surface area contributed by atoms with Crippen LogP contribution in [0, 0.1) is 0 Å². The van der Waals surface area contributed by atoms with Crippen molar-refractivity contribution in [3.8, 4) is 9.88 Å². The summed E-state index contributed by atoms with van der Waals surface area (Å²) >= 11 is 3.47. The third-order valence-corrected chi connectivity index (χ3v) is 6.27. The molecule has 3 nitrogen and oxygen atoms in total. The van der Waals surface area contributed by atoms with Gasteiger partial charge in [-0.05, 0) is 17.0 Å². The maximum atomic E-state index is 6.38. The summed E-state index contributed by atoms with van der Waals surface area (Å²) in [4.78, 5) is 8.46. The van der Waals surface area contributed by atoms with Crippen molar-refractivity contribution in [1.29, 1.82) is 0 Å². The summed E-state index contributed by atoms with van der Waals surface area (Å²) < 4.78 is 0. The Labute approximate surface area is 144 Å². The first kappa shape index (κ1) is 15.0. The van der Waals surface area contributed by atoms with E-state index in [1.807, 2.05) is 0 Å². The molecule has 4 rings (SSSR count). The SMILES string of the molecule is N[C@@H]1CN(Cc2csc(-c3cccs3)n2)C[C@H]1c1ccccc1. The summed E-state index contributed by atoms with van der Waals surface area (Å²) in [5.41, 5.74) is 8.88. The number of thiophene rings is 1. The molecular formula is C18H19N3S2. The van der Waals surface area contributed by atoms with Crippen molar-refractivity contribution in [2.45, 2.75) is 18.5 Å². The van der Waals surface area contributed by atoms with Crippen molar-refractivity contribution in [2.24, 2.45) is 5.73 Å². The van der Waals surface area contributed by atoms with Crippen molar-refractivity contribution in [2.75, 3.05) is 13.1 Å². The first-order valence-electron chi connectivity index (χ1n) is 7.81. The molecule has 1 aliphatic rings. The highest BCUT2D eigenvalue weighted by atomic mass is 32.1. The van der Waals surface area contributed by atoms with E-state index in [-0.39, 0.29) is 6.04 Å². The minimum Gasteiger partial charge on any atom is -0.326 e. The molecule has 0 bridgehead atoms. The normalized spacial score (nSPS) is 21.8. The van der Waals surface area contributed by atoms with Crippen LogP contribution >= 0.6 is 22.7 Å². The van der Waals surface area contributed by atoms with Crippen LogP contribution in [0.15, 0.2) is 53.2 Å². The molecule has 2 aromatic heterocycles. The fraction of sp³-hybridized carbons (Fsp3) is 0.278. The van der Waals surface area contributed by atoms with Gasteiger partial charge in [0.25, 0.3) is 0 Å². The summed E-state index contributed by atoms with van der Waals surface area (Å²) in [5.74, 6) is 0.423. The molecule has 3 aromatic rings. The zero-order valence-electron chi connectivity index (χ0n) is 12.8. The Bertz CT molecular complexity index is 752. The molecule has 0 saturated carbocycles. The average molecular weight is 342 g/mol. The molecule has 1 aliphatic heterocycles. The van der Waals surface area contributed by atoms with Crippen molar-refractivity contribution in [3.05, 3.63) is 64.5 Å². The summed E-state index contributed by atoms with van der Waals surface area (Å²) in [7, 11) is 0. The number of hydrogen-bond donors (Lipinski definition) is 1. The lowest BCUT2D eigenvalue weighted by Crippen LogP contribution is -2.28. The van der Waals surface area contributed by atoms with Gasteiger partial charge >= 0.3 is 0 Å². The predicted octanol–water partition coefficient (Wildman–Crippen LogP) is 3.80. The Morgan fingerprint density at radius 3 is 2.74 bits per heavy atom. The molecule has 3 heterocycles. The van der Waals surface area contributed by atoms with Crippen LogP contribution in [-0.4, -0.2) is 29.0 Å². The number of hydrogen-bond acceptors (Lipinski definition) is 5. The van der Waals surface area contributed by atoms with E-state index in [1.165, 1.54) is 10.4 Å². The topological polar surface area (TPSA) is 42.1 Å². The average Bonchev–Trinajstić information content (AvgIpc) is 3.29. The maximum Gasteiger partial charge on any atom is 0.133 e. The Morgan fingerprint density at radius 1 is 1.09 bits per heavy atom. The van der Waals surface area contributed by atoms with E-state index in [4.69, 9.17) is 10.7 Å². The number of benzene rings is 1. The van der Waals surface area contributed by atoms with E-state index in [9.17, 15) is 0 Å². The van der Waals surface area contributed by atoms with Gasteiger partial charge in [0, 0.05) is 37.0 Å². The first-order valence-corrected chi connectivity index (χ1v) is 9.56. The molecule has 2 atom stereocenters. The quantitative estimate of drug-likeness (QED) is 0.785. The third-order valence-electron chi connectivity index (χ3n) is 4.34. The number of nitrogens with zero attached hydrogens (tertiary/aromatic N) is 2. The molecular weight excluding hydrogens is 322 g/mol. The minimum absolute atomic E-state index is 0.202. The van der Waals surface area contributed by atoms with Gasteiger partial charge in [0.05, 0.1) is 10.6 Å². The second-order valence-electron chi connectivity index (χ2n) is 6.00. The number of aromatic nitrogens is 1. The Hall–Kier alpha value is -1.53. The minimum atomic E-state index is 0.202. The van der Waals surface area contributed by atoms with Gasteiger partial charge in [-0.15, -0.1) is 22.7 Å². The summed E-state index contributed by atoms with van der Waals surface area (Å²) in [6.07, 6.45) is 0. The molecule has 23 heavy (non-hydrogen) atoms. The van der Waals surface area contributed by atoms with E-state index in [1.54, 1.807) is 22.7 Å². The summed E-state index contributed by atoms with van der Waals surface area (Å²) in [6, 6.07) is 15.0. The van der Waals surface area contributed by atoms with Crippen LogP contribution in [0.25, 0.3) is 9.88 Å². The summed E-state index contributed by atoms with van der Waals surface area (Å²) in [5, 5.41) is 5.40. The van der Waals surface area contributed by atoms with Crippen molar-refractivity contribution in [3.63, 3.8) is 0 Å². The monoisotopic (exact) mass is 341 g/mol. The molecule has 0 aliphatic carbocycles. The van der Waals surface area contributed by atoms with Gasteiger partial charge in [0.1, 0.15) is 5.01 Å². The molecule has 0 radical (unpaired) electrons. The summed E-state index contributed by atoms with van der Waals surface area (Å²) in [6.45, 7) is 2.83. The van der Waals surface area contributed by atoms with Gasteiger partial charge < -0.3 is 5.73 Å². The first-order chi connectivity index (χ1) is 11.3. The molecule has 5 heteroatoms. The van der Waals surface area contributed by atoms with Crippen molar-refractivity contribution in [1.82, 2.24) is 9.88 Å². The molecule has 118 valence electrons. The molecule has 0 amide bonds. The van der Waals surface area contributed by atoms with Crippen LogP contribution in [0.4, 0.5) is 0 Å². The van der Waals surface area contributed by atoms with Crippen LogP contribution in [0.3, 0.4) is 0 Å². The lowest BCUT2D eigenvalue weighted by Gasteiger charge is -2.15. The fourth-order valence-corrected chi connectivity index (χ4v) is 4.84. The van der Waals surface area contributed by atoms with Gasteiger partial charge in [0.15, 0.2) is 0 Å². The second-order valence-corrected chi connectivity index (χ2v) is 7.80. The van der Waals surface area contributed by atoms with E-state index >= 15 is 0 Å². The molecule has 2 N–H and O–H groups in total. The standard InChI is InChI=1S/C18H19N3S2/c19-16-11-21(10-15(16)13-5-2-1-3-6-13)9-14-12-23-18(20-14)17-7-4-8-22-17/h1-8,12,15-16H,9-11,19H2/t15-,16+/m0/s1. The van der Waals surface area contributed by atoms with Crippen LogP contribution in [0.2, 0.25) is 0 Å². The zero-order chi connectivity index (χ0) is 15.6. The lowest BCUT2D eigenvalue weighted by molar-refractivity contribution is 0.320. The number of rotatable bonds is 4. The van der Waals surface area contributed by atoms with Gasteiger partial charge in [-0.2, -0.15) is 0 Å². The second kappa shape index (κ2) is 6.53. The molecule has 1 aromatic carbocycles. The third kappa shape index (κ3) is 3.23. The zero-order valence-corrected chi connectivity index (χ0v) is 14.4. The van der Waals surface area contributed by atoms with E-state index in [0.717, 1.165) is 30.3 Å². The molecule has 0 spiro atoms. The molecule has 1 fully saturated rings. The van der Waals surface area contributed by atoms with Gasteiger partial charge in [-0.3, -0.25) is 4.90 Å². The van der Waals surface area contributed by atoms with Gasteiger partial charge in [0.2, 0.25) is 0 Å². The maximum absolute atomic E-state index is 6.38. The molecule has 1 saturated heterocycles. The molecule has 0 unspecified atom stereocenters. The highest BCUT2D eigenvalue weighted by molar-refractivity contribution is 7.20. The van der Waals surface area contributed by atoms with E-state index in [0.29, 0.717) is 5.92 Å². The number of nitrogens with two attached hydrogens (primary N) is 1. The Kier molecular flexibility index (Phi) is 4.27. The van der Waals surface area contributed by atoms with E-state index < -0.39 is 0 Å². The Balaban J connectivity index is 1.44. The van der Waals surface area contributed by atoms with Gasteiger partial charge in [-0.25, -0.2) is 4.98 Å². The van der Waals surface area contributed by atoms with Crippen LogP contribution in [0.5, 0.6) is 0 Å². The Morgan fingerprint density at radius 2 is 1.96 bits per heavy atom. The highest BCUT2D eigenvalue weighted by Crippen LogP contribution is 2.30. The van der Waals surface area contributed by atoms with Crippen LogP contribution in [0.1, 0.15) is 17.2 Å². The van der Waals surface area contributed by atoms with Gasteiger partial charge in [-0.1, -0.05) is 36.4 Å². The van der Waals surface area contributed by atoms with Crippen molar-refractivity contribution >= 4 is 22.7 Å². The fourth-order valence-electron chi connectivity index (χ4n) is 3.22. The van der Waals surface area contributed by atoms with E-state index in [2.05, 4.69) is 58.1 Å². The predicted molar refractivity (Wildman–Crippen MR) is 97.9 cm³/mol.